The molecule has 23 heavy (non-hydrogen) atoms. The van der Waals surface area contributed by atoms with Crippen LogP contribution in [0.2, 0.25) is 0 Å². The van der Waals surface area contributed by atoms with E-state index in [-0.39, 0.29) is 34.4 Å². The van der Waals surface area contributed by atoms with Crippen LogP contribution in [-0.2, 0) is 0 Å². The van der Waals surface area contributed by atoms with Gasteiger partial charge in [0.1, 0.15) is 5.82 Å². The molecule has 1 aliphatic carbocycles. The Balaban J connectivity index is 1.69. The summed E-state index contributed by atoms with van der Waals surface area (Å²) < 4.78 is 13.1. The predicted molar refractivity (Wildman–Crippen MR) is 88.8 cm³/mol. The van der Waals surface area contributed by atoms with Crippen LogP contribution < -0.4 is 5.32 Å². The lowest BCUT2D eigenvalue weighted by atomic mass is 9.96. The van der Waals surface area contributed by atoms with Crippen molar-refractivity contribution in [3.63, 3.8) is 0 Å². The van der Waals surface area contributed by atoms with Crippen molar-refractivity contribution in [2.45, 2.75) is 56.4 Å². The minimum Gasteiger partial charge on any atom is -0.335 e. The lowest BCUT2D eigenvalue weighted by Crippen LogP contribution is -2.48. The van der Waals surface area contributed by atoms with Gasteiger partial charge in [0.25, 0.3) is 5.24 Å². The summed E-state index contributed by atoms with van der Waals surface area (Å²) in [4.78, 5) is 26.1. The highest BCUT2D eigenvalue weighted by Crippen LogP contribution is 2.43. The van der Waals surface area contributed by atoms with Crippen molar-refractivity contribution < 1.29 is 14.0 Å². The van der Waals surface area contributed by atoms with Gasteiger partial charge in [0, 0.05) is 6.04 Å². The first-order valence-electron chi connectivity index (χ1n) is 8.12. The number of halogens is 1. The third-order valence-corrected chi connectivity index (χ3v) is 5.94. The molecule has 0 bridgehead atoms. The third kappa shape index (κ3) is 3.52. The molecule has 1 aromatic rings. The summed E-state index contributed by atoms with van der Waals surface area (Å²) in [6.45, 7) is 1.87. The van der Waals surface area contributed by atoms with Crippen molar-refractivity contribution in [1.29, 1.82) is 0 Å². The molecule has 1 saturated carbocycles. The molecule has 1 heterocycles. The SMILES string of the molecule is C[C@H]1[C@H](c2ccc(F)cc2)SC(=O)N1C(=O)NC1CCCCC1. The molecular formula is C17H21FN2O2S. The number of hydrogen-bond donors (Lipinski definition) is 1. The van der Waals surface area contributed by atoms with Crippen molar-refractivity contribution in [2.75, 3.05) is 0 Å². The Morgan fingerprint density at radius 2 is 1.87 bits per heavy atom. The molecule has 2 atom stereocenters. The number of carbonyl (C=O) groups is 2. The van der Waals surface area contributed by atoms with E-state index in [1.165, 1.54) is 23.5 Å². The molecule has 124 valence electrons. The van der Waals surface area contributed by atoms with Gasteiger partial charge in [-0.25, -0.2) is 9.18 Å². The zero-order valence-corrected chi connectivity index (χ0v) is 13.9. The van der Waals surface area contributed by atoms with Crippen LogP contribution in [0.5, 0.6) is 0 Å². The lowest BCUT2D eigenvalue weighted by Gasteiger charge is -2.27. The smallest absolute Gasteiger partial charge is 0.325 e. The maximum atomic E-state index is 13.1. The molecule has 0 radical (unpaired) electrons. The number of hydrogen-bond acceptors (Lipinski definition) is 3. The summed E-state index contributed by atoms with van der Waals surface area (Å²) in [5.74, 6) is -0.303. The Hall–Kier alpha value is -1.56. The number of imide groups is 1. The quantitative estimate of drug-likeness (QED) is 0.867. The second-order valence-corrected chi connectivity index (χ2v) is 7.34. The van der Waals surface area contributed by atoms with Gasteiger partial charge in [-0.1, -0.05) is 43.2 Å². The average Bonchev–Trinajstić information content (AvgIpc) is 2.84. The summed E-state index contributed by atoms with van der Waals surface area (Å²) >= 11 is 1.13. The predicted octanol–water partition coefficient (Wildman–Crippen LogP) is 4.47. The van der Waals surface area contributed by atoms with Gasteiger partial charge in [-0.3, -0.25) is 9.69 Å². The summed E-state index contributed by atoms with van der Waals surface area (Å²) in [6.07, 6.45) is 5.43. The van der Waals surface area contributed by atoms with Crippen LogP contribution in [-0.4, -0.2) is 28.3 Å². The van der Waals surface area contributed by atoms with Crippen LogP contribution in [0.4, 0.5) is 14.0 Å². The summed E-state index contributed by atoms with van der Waals surface area (Å²) in [6, 6.07) is 5.76. The highest BCUT2D eigenvalue weighted by atomic mass is 32.2. The van der Waals surface area contributed by atoms with E-state index in [1.807, 2.05) is 6.92 Å². The van der Waals surface area contributed by atoms with Gasteiger partial charge in [0.2, 0.25) is 0 Å². The van der Waals surface area contributed by atoms with E-state index in [4.69, 9.17) is 0 Å². The number of nitrogens with zero attached hydrogens (tertiary/aromatic N) is 1. The topological polar surface area (TPSA) is 49.4 Å². The average molecular weight is 336 g/mol. The fourth-order valence-corrected chi connectivity index (χ4v) is 4.52. The molecule has 6 heteroatoms. The van der Waals surface area contributed by atoms with Gasteiger partial charge in [-0.15, -0.1) is 0 Å². The number of nitrogens with one attached hydrogen (secondary N) is 1. The van der Waals surface area contributed by atoms with E-state index >= 15 is 0 Å². The van der Waals surface area contributed by atoms with Crippen molar-refractivity contribution in [3.8, 4) is 0 Å². The van der Waals surface area contributed by atoms with E-state index in [2.05, 4.69) is 5.32 Å². The molecule has 2 aliphatic rings. The van der Waals surface area contributed by atoms with E-state index in [0.29, 0.717) is 0 Å². The van der Waals surface area contributed by atoms with Gasteiger partial charge in [-0.2, -0.15) is 0 Å². The first-order chi connectivity index (χ1) is 11.1. The third-order valence-electron chi connectivity index (χ3n) is 4.62. The molecule has 0 unspecified atom stereocenters. The standard InChI is InChI=1S/C17H21FN2O2S/c1-11-15(12-7-9-13(18)10-8-12)23-17(22)20(11)16(21)19-14-5-3-2-4-6-14/h7-11,14-15H,2-6H2,1H3,(H,19,21)/t11-,15+/m0/s1. The molecule has 1 saturated heterocycles. The Morgan fingerprint density at radius 1 is 1.22 bits per heavy atom. The lowest BCUT2D eigenvalue weighted by molar-refractivity contribution is 0.184. The number of thioether (sulfide) groups is 1. The summed E-state index contributed by atoms with van der Waals surface area (Å²) in [7, 11) is 0. The number of amides is 3. The van der Waals surface area contributed by atoms with Crippen LogP contribution in [0.3, 0.4) is 0 Å². The Kier molecular flexibility index (Phi) is 4.90. The molecule has 0 aromatic heterocycles. The van der Waals surface area contributed by atoms with E-state index < -0.39 is 0 Å². The van der Waals surface area contributed by atoms with Crippen LogP contribution in [0.1, 0.15) is 49.8 Å². The van der Waals surface area contributed by atoms with Crippen LogP contribution in [0.25, 0.3) is 0 Å². The maximum Gasteiger partial charge on any atom is 0.325 e. The maximum absolute atomic E-state index is 13.1. The number of benzene rings is 1. The molecule has 3 rings (SSSR count). The van der Waals surface area contributed by atoms with E-state index in [9.17, 15) is 14.0 Å². The molecular weight excluding hydrogens is 315 g/mol. The summed E-state index contributed by atoms with van der Waals surface area (Å²) in [5, 5.41) is 2.61. The normalized spacial score (nSPS) is 25.7. The zero-order valence-electron chi connectivity index (χ0n) is 13.1. The second-order valence-electron chi connectivity index (χ2n) is 6.25. The first kappa shape index (κ1) is 16.3. The minimum absolute atomic E-state index is 0.153. The Morgan fingerprint density at radius 3 is 2.52 bits per heavy atom. The first-order valence-corrected chi connectivity index (χ1v) is 9.00. The molecule has 0 spiro atoms. The van der Waals surface area contributed by atoms with Crippen LogP contribution >= 0.6 is 11.8 Å². The van der Waals surface area contributed by atoms with Gasteiger partial charge in [-0.05, 0) is 37.5 Å². The van der Waals surface area contributed by atoms with Crippen LogP contribution in [0, 0.1) is 5.82 Å². The number of rotatable bonds is 2. The van der Waals surface area contributed by atoms with Crippen molar-refractivity contribution >= 4 is 23.0 Å². The highest BCUT2D eigenvalue weighted by molar-refractivity contribution is 8.14. The summed E-state index contributed by atoms with van der Waals surface area (Å²) in [5.41, 5.74) is 0.866. The molecule has 3 amide bonds. The molecule has 2 fully saturated rings. The monoisotopic (exact) mass is 336 g/mol. The highest BCUT2D eigenvalue weighted by Gasteiger charge is 2.42. The minimum atomic E-state index is -0.303. The zero-order chi connectivity index (χ0) is 16.4. The molecule has 1 aliphatic heterocycles. The molecule has 4 nitrogen and oxygen atoms in total. The number of carbonyl (C=O) groups excluding carboxylic acids is 2. The fourth-order valence-electron chi connectivity index (χ4n) is 3.32. The van der Waals surface area contributed by atoms with E-state index in [1.54, 1.807) is 12.1 Å². The second kappa shape index (κ2) is 6.91. The fraction of sp³-hybridized carbons (Fsp3) is 0.529. The Labute approximate surface area is 139 Å². The van der Waals surface area contributed by atoms with Crippen molar-refractivity contribution in [1.82, 2.24) is 10.2 Å². The van der Waals surface area contributed by atoms with Gasteiger partial charge >= 0.3 is 6.03 Å². The van der Waals surface area contributed by atoms with Crippen molar-refractivity contribution in [2.24, 2.45) is 0 Å². The Bertz CT molecular complexity index is 587. The van der Waals surface area contributed by atoms with Gasteiger partial charge < -0.3 is 5.32 Å². The number of urea groups is 1. The van der Waals surface area contributed by atoms with Crippen LogP contribution in [0.15, 0.2) is 24.3 Å². The van der Waals surface area contributed by atoms with Gasteiger partial charge in [0.05, 0.1) is 11.3 Å². The van der Waals surface area contributed by atoms with Crippen molar-refractivity contribution in [3.05, 3.63) is 35.6 Å². The van der Waals surface area contributed by atoms with E-state index in [0.717, 1.165) is 43.0 Å². The molecule has 1 aromatic carbocycles. The van der Waals surface area contributed by atoms with Gasteiger partial charge in [0.15, 0.2) is 0 Å². The molecule has 1 N–H and O–H groups in total. The largest absolute Gasteiger partial charge is 0.335 e.